The first-order valence-corrected chi connectivity index (χ1v) is 9.55. The fourth-order valence-corrected chi connectivity index (χ4v) is 2.88. The third kappa shape index (κ3) is 5.77. The molecule has 0 fully saturated rings. The van der Waals surface area contributed by atoms with Gasteiger partial charge >= 0.3 is 0 Å². The topological polar surface area (TPSA) is 85.9 Å². The van der Waals surface area contributed by atoms with E-state index >= 15 is 0 Å². The van der Waals surface area contributed by atoms with Crippen molar-refractivity contribution in [2.24, 2.45) is 0 Å². The first-order chi connectivity index (χ1) is 13.3. The molecule has 0 radical (unpaired) electrons. The number of benzene rings is 2. The van der Waals surface area contributed by atoms with Crippen molar-refractivity contribution in [2.45, 2.75) is 20.0 Å². The molecule has 28 heavy (non-hydrogen) atoms. The van der Waals surface area contributed by atoms with Gasteiger partial charge in [-0.1, -0.05) is 11.6 Å². The van der Waals surface area contributed by atoms with Gasteiger partial charge in [-0.05, 0) is 66.2 Å². The first-order valence-electron chi connectivity index (χ1n) is 8.38. The summed E-state index contributed by atoms with van der Waals surface area (Å²) in [5, 5.41) is 0.564. The molecule has 2 aromatic rings. The van der Waals surface area contributed by atoms with Crippen LogP contribution in [0, 0.1) is 0 Å². The lowest BCUT2D eigenvalue weighted by molar-refractivity contribution is -0.128. The maximum Gasteiger partial charge on any atom is 0.279 e. The monoisotopic (exact) mass is 470 g/mol. The maximum absolute atomic E-state index is 12.4. The van der Waals surface area contributed by atoms with Gasteiger partial charge in [0.1, 0.15) is 5.75 Å². The van der Waals surface area contributed by atoms with Crippen LogP contribution in [0.15, 0.2) is 40.9 Å². The van der Waals surface area contributed by atoms with Crippen molar-refractivity contribution in [3.05, 3.63) is 51.5 Å². The van der Waals surface area contributed by atoms with E-state index in [-0.39, 0.29) is 5.56 Å². The average Bonchev–Trinajstić information content (AvgIpc) is 2.68. The zero-order chi connectivity index (χ0) is 20.7. The normalized spacial score (nSPS) is 11.3. The van der Waals surface area contributed by atoms with E-state index in [1.807, 2.05) is 6.92 Å². The zero-order valence-corrected chi connectivity index (χ0v) is 17.9. The minimum atomic E-state index is -0.830. The first kappa shape index (κ1) is 21.8. The molecule has 150 valence electrons. The molecular formula is C19H20BrClN2O5. The van der Waals surface area contributed by atoms with Crippen molar-refractivity contribution in [3.8, 4) is 17.2 Å². The van der Waals surface area contributed by atoms with Crippen LogP contribution in [0.1, 0.15) is 24.2 Å². The van der Waals surface area contributed by atoms with Gasteiger partial charge in [0.05, 0.1) is 18.2 Å². The van der Waals surface area contributed by atoms with Crippen LogP contribution in [-0.2, 0) is 4.79 Å². The lowest BCUT2D eigenvalue weighted by atomic mass is 10.2. The van der Waals surface area contributed by atoms with Crippen LogP contribution < -0.4 is 25.1 Å². The van der Waals surface area contributed by atoms with Crippen LogP contribution in [0.2, 0.25) is 5.02 Å². The highest BCUT2D eigenvalue weighted by molar-refractivity contribution is 9.10. The Kier molecular flexibility index (Phi) is 7.95. The summed E-state index contributed by atoms with van der Waals surface area (Å²) in [4.78, 5) is 24.5. The van der Waals surface area contributed by atoms with Gasteiger partial charge in [0.15, 0.2) is 17.6 Å². The van der Waals surface area contributed by atoms with Crippen LogP contribution >= 0.6 is 27.5 Å². The second-order valence-corrected chi connectivity index (χ2v) is 6.87. The van der Waals surface area contributed by atoms with Gasteiger partial charge in [0.2, 0.25) is 0 Å². The third-order valence-electron chi connectivity index (χ3n) is 3.58. The molecule has 1 atom stereocenters. The minimum Gasteiger partial charge on any atom is -0.493 e. The highest BCUT2D eigenvalue weighted by Crippen LogP contribution is 2.36. The van der Waals surface area contributed by atoms with Gasteiger partial charge in [-0.25, -0.2) is 0 Å². The number of rotatable bonds is 7. The second-order valence-electron chi connectivity index (χ2n) is 5.58. The predicted molar refractivity (Wildman–Crippen MR) is 109 cm³/mol. The number of nitrogens with one attached hydrogen (secondary N) is 2. The Morgan fingerprint density at radius 3 is 2.46 bits per heavy atom. The maximum atomic E-state index is 12.4. The van der Waals surface area contributed by atoms with Crippen molar-refractivity contribution in [1.82, 2.24) is 10.9 Å². The molecule has 0 saturated carbocycles. The lowest BCUT2D eigenvalue weighted by Crippen LogP contribution is -2.47. The number of halogens is 2. The van der Waals surface area contributed by atoms with Crippen molar-refractivity contribution in [2.75, 3.05) is 13.7 Å². The van der Waals surface area contributed by atoms with Crippen LogP contribution in [0.3, 0.4) is 0 Å². The van der Waals surface area contributed by atoms with E-state index in [2.05, 4.69) is 26.8 Å². The van der Waals surface area contributed by atoms with E-state index in [0.29, 0.717) is 33.4 Å². The Labute approximate surface area is 176 Å². The molecule has 9 heteroatoms. The van der Waals surface area contributed by atoms with E-state index in [1.54, 1.807) is 37.3 Å². The zero-order valence-electron chi connectivity index (χ0n) is 15.5. The van der Waals surface area contributed by atoms with E-state index < -0.39 is 17.9 Å². The molecule has 0 spiro atoms. The molecule has 0 unspecified atom stereocenters. The Bertz CT molecular complexity index is 845. The molecule has 0 aliphatic carbocycles. The second kappa shape index (κ2) is 10.2. The molecular weight excluding hydrogens is 452 g/mol. The molecule has 2 aromatic carbocycles. The number of ether oxygens (including phenoxy) is 3. The van der Waals surface area contributed by atoms with Gasteiger partial charge in [-0.3, -0.25) is 20.4 Å². The summed E-state index contributed by atoms with van der Waals surface area (Å²) in [6, 6.07) is 9.69. The molecule has 0 aliphatic rings. The van der Waals surface area contributed by atoms with Crippen molar-refractivity contribution >= 4 is 39.3 Å². The van der Waals surface area contributed by atoms with Gasteiger partial charge in [-0.15, -0.1) is 0 Å². The summed E-state index contributed by atoms with van der Waals surface area (Å²) in [5.41, 5.74) is 4.96. The number of carbonyl (C=O) groups excluding carboxylic acids is 2. The van der Waals surface area contributed by atoms with Crippen molar-refractivity contribution < 1.29 is 23.8 Å². The molecule has 0 saturated heterocycles. The summed E-state index contributed by atoms with van der Waals surface area (Å²) < 4.78 is 16.8. The fraction of sp³-hybridized carbons (Fsp3) is 0.263. The van der Waals surface area contributed by atoms with E-state index in [1.165, 1.54) is 13.2 Å². The van der Waals surface area contributed by atoms with Crippen LogP contribution in [0.4, 0.5) is 0 Å². The van der Waals surface area contributed by atoms with Crippen molar-refractivity contribution in [1.29, 1.82) is 0 Å². The molecule has 0 aromatic heterocycles. The summed E-state index contributed by atoms with van der Waals surface area (Å²) in [5.74, 6) is 0.343. The van der Waals surface area contributed by atoms with Crippen LogP contribution in [-0.4, -0.2) is 31.6 Å². The van der Waals surface area contributed by atoms with E-state index in [0.717, 1.165) is 0 Å². The third-order valence-corrected chi connectivity index (χ3v) is 4.42. The molecule has 0 bridgehead atoms. The summed E-state index contributed by atoms with van der Waals surface area (Å²) >= 11 is 9.16. The fourth-order valence-electron chi connectivity index (χ4n) is 2.20. The number of methoxy groups -OCH3 is 1. The van der Waals surface area contributed by atoms with Crippen LogP contribution in [0.5, 0.6) is 17.2 Å². The molecule has 2 N–H and O–H groups in total. The Hall–Kier alpha value is -2.45. The molecule has 0 heterocycles. The van der Waals surface area contributed by atoms with E-state index in [9.17, 15) is 9.59 Å². The van der Waals surface area contributed by atoms with Gasteiger partial charge in [0.25, 0.3) is 11.8 Å². The highest BCUT2D eigenvalue weighted by Gasteiger charge is 2.18. The predicted octanol–water partition coefficient (Wildman–Crippen LogP) is 3.74. The van der Waals surface area contributed by atoms with Gasteiger partial charge in [0, 0.05) is 10.6 Å². The number of hydrogen-bond acceptors (Lipinski definition) is 5. The number of hydrazine groups is 1. The Balaban J connectivity index is 1.98. The number of amides is 2. The summed E-state index contributed by atoms with van der Waals surface area (Å²) in [6.45, 7) is 3.85. The largest absolute Gasteiger partial charge is 0.493 e. The van der Waals surface area contributed by atoms with Crippen molar-refractivity contribution in [3.63, 3.8) is 0 Å². The van der Waals surface area contributed by atoms with Crippen LogP contribution in [0.25, 0.3) is 0 Å². The molecule has 0 aliphatic heterocycles. The summed E-state index contributed by atoms with van der Waals surface area (Å²) in [7, 11) is 1.48. The highest BCUT2D eigenvalue weighted by atomic mass is 79.9. The Morgan fingerprint density at radius 2 is 1.86 bits per heavy atom. The lowest BCUT2D eigenvalue weighted by Gasteiger charge is -2.16. The molecule has 2 rings (SSSR count). The average molecular weight is 472 g/mol. The van der Waals surface area contributed by atoms with Gasteiger partial charge in [-0.2, -0.15) is 0 Å². The minimum absolute atomic E-state index is 0.277. The smallest absolute Gasteiger partial charge is 0.279 e. The standard InChI is InChI=1S/C19H20BrClN2O5/c1-4-27-17-15(20)9-12(10-16(17)26-3)19(25)23-22-18(24)11(2)28-14-7-5-13(21)6-8-14/h5-11H,4H2,1-3H3,(H,22,24)(H,23,25)/t11-/m1/s1. The SMILES string of the molecule is CCOc1c(Br)cc(C(=O)NNC(=O)[C@@H](C)Oc2ccc(Cl)cc2)cc1OC. The van der Waals surface area contributed by atoms with E-state index in [4.69, 9.17) is 25.8 Å². The summed E-state index contributed by atoms with van der Waals surface area (Å²) in [6.07, 6.45) is -0.830. The number of carbonyl (C=O) groups is 2. The number of hydrogen-bond donors (Lipinski definition) is 2. The van der Waals surface area contributed by atoms with Gasteiger partial charge < -0.3 is 14.2 Å². The Morgan fingerprint density at radius 1 is 1.18 bits per heavy atom. The quantitative estimate of drug-likeness (QED) is 0.601. The molecule has 2 amide bonds. The molecule has 7 nitrogen and oxygen atoms in total.